The summed E-state index contributed by atoms with van der Waals surface area (Å²) in [7, 11) is -4.24. The maximum Gasteiger partial charge on any atom is 0.281 e. The molecule has 1 fully saturated rings. The highest BCUT2D eigenvalue weighted by molar-refractivity contribution is 7.90. The van der Waals surface area contributed by atoms with E-state index in [1.165, 1.54) is 6.07 Å². The number of nitrogens with one attached hydrogen (secondary N) is 2. The van der Waals surface area contributed by atoms with Crippen molar-refractivity contribution in [2.45, 2.75) is 75.9 Å². The molecule has 0 aliphatic carbocycles. The molecule has 2 aliphatic heterocycles. The van der Waals surface area contributed by atoms with Gasteiger partial charge in [0.05, 0.1) is 11.6 Å². The molecule has 3 aromatic rings. The third kappa shape index (κ3) is 5.61. The predicted molar refractivity (Wildman–Crippen MR) is 151 cm³/mol. The van der Waals surface area contributed by atoms with Gasteiger partial charge in [-0.15, -0.1) is 0 Å². The van der Waals surface area contributed by atoms with E-state index in [0.29, 0.717) is 17.6 Å². The second-order valence-electron chi connectivity index (χ2n) is 12.2. The van der Waals surface area contributed by atoms with Gasteiger partial charge in [0, 0.05) is 35.6 Å². The topological polar surface area (TPSA) is 117 Å². The molecule has 5 heterocycles. The number of pyridine rings is 3. The number of hydrogen-bond acceptors (Lipinski definition) is 8. The maximum atomic E-state index is 13.5. The molecule has 0 spiro atoms. The highest BCUT2D eigenvalue weighted by atomic mass is 32.2. The number of amides is 1. The highest BCUT2D eigenvalue weighted by Gasteiger charge is 2.41. The number of carbonyl (C=O) groups is 1. The lowest BCUT2D eigenvalue weighted by molar-refractivity contribution is 0.0981. The molecule has 1 unspecified atom stereocenters. The van der Waals surface area contributed by atoms with Crippen molar-refractivity contribution in [1.82, 2.24) is 19.7 Å². The molecule has 2 aliphatic rings. The van der Waals surface area contributed by atoms with E-state index in [1.54, 1.807) is 30.6 Å². The van der Waals surface area contributed by atoms with E-state index >= 15 is 0 Å². The molecule has 3 aromatic heterocycles. The van der Waals surface area contributed by atoms with E-state index in [9.17, 15) is 13.2 Å². The molecule has 10 heteroatoms. The van der Waals surface area contributed by atoms with Gasteiger partial charge in [-0.05, 0) is 81.0 Å². The molecule has 5 rings (SSSR count). The zero-order chi connectivity index (χ0) is 28.0. The van der Waals surface area contributed by atoms with E-state index < -0.39 is 15.9 Å². The van der Waals surface area contributed by atoms with Gasteiger partial charge in [-0.3, -0.25) is 9.78 Å². The second kappa shape index (κ2) is 9.89. The van der Waals surface area contributed by atoms with Crippen LogP contribution < -0.4 is 14.9 Å². The largest absolute Gasteiger partial charge is 0.363 e. The number of hydrogen-bond donors (Lipinski definition) is 2. The van der Waals surface area contributed by atoms with Gasteiger partial charge in [-0.1, -0.05) is 26.8 Å². The maximum absolute atomic E-state index is 13.5. The van der Waals surface area contributed by atoms with Gasteiger partial charge < -0.3 is 10.2 Å². The molecular weight excluding hydrogens is 512 g/mol. The minimum Gasteiger partial charge on any atom is -0.363 e. The van der Waals surface area contributed by atoms with Gasteiger partial charge in [0.2, 0.25) is 0 Å². The van der Waals surface area contributed by atoms with Crippen LogP contribution in [0.3, 0.4) is 0 Å². The molecule has 0 aromatic carbocycles. The van der Waals surface area contributed by atoms with Gasteiger partial charge in [0.1, 0.15) is 11.6 Å². The quantitative estimate of drug-likeness (QED) is 0.444. The van der Waals surface area contributed by atoms with Crippen LogP contribution in [0.4, 0.5) is 11.6 Å². The zero-order valence-electron chi connectivity index (χ0n) is 23.1. The summed E-state index contributed by atoms with van der Waals surface area (Å²) in [6.45, 7) is 11.3. The Morgan fingerprint density at radius 1 is 1.00 bits per heavy atom. The fourth-order valence-corrected chi connectivity index (χ4v) is 6.51. The van der Waals surface area contributed by atoms with E-state index in [2.05, 4.69) is 59.5 Å². The summed E-state index contributed by atoms with van der Waals surface area (Å²) in [5, 5.41) is 3.20. The minimum atomic E-state index is -4.24. The lowest BCUT2D eigenvalue weighted by Crippen LogP contribution is -2.41. The fraction of sp³-hybridized carbons (Fsp3) is 0.448. The summed E-state index contributed by atoms with van der Waals surface area (Å²) in [6, 6.07) is 12.1. The van der Waals surface area contributed by atoms with E-state index in [1.807, 2.05) is 18.2 Å². The monoisotopic (exact) mass is 548 g/mol. The number of nitrogens with zero attached hydrogens (tertiary/aromatic N) is 4. The first-order valence-corrected chi connectivity index (χ1v) is 14.8. The Bertz CT molecular complexity index is 1480. The standard InChI is InChI=1S/C29H36N6O3S/c1-28(2,3)23-12-10-21-26(32-23)35-18-19(17-29(35,4)5)9-11-22(20-13-15-30-16-14-20)31-24-7-6-8-25(33-24)39(37,38)34-27(21)36/h6-8,10,12-16,19,22H,9,11,17-18H2,1-5H3,(H,31,33)(H,34,36)/t19-,22?/m0/s1. The Morgan fingerprint density at radius 2 is 1.74 bits per heavy atom. The van der Waals surface area contributed by atoms with Gasteiger partial charge in [0.15, 0.2) is 5.03 Å². The molecule has 2 atom stereocenters. The Kier molecular flexibility index (Phi) is 6.86. The molecule has 4 bridgehead atoms. The van der Waals surface area contributed by atoms with Crippen molar-refractivity contribution in [3.63, 3.8) is 0 Å². The number of carbonyl (C=O) groups excluding carboxylic acids is 1. The molecule has 0 radical (unpaired) electrons. The zero-order valence-corrected chi connectivity index (χ0v) is 23.9. The summed E-state index contributed by atoms with van der Waals surface area (Å²) in [6.07, 6.45) is 6.18. The molecule has 206 valence electrons. The number of fused-ring (bicyclic) bond motifs is 6. The first kappa shape index (κ1) is 27.1. The lowest BCUT2D eigenvalue weighted by Gasteiger charge is -2.34. The van der Waals surface area contributed by atoms with E-state index in [0.717, 1.165) is 37.1 Å². The van der Waals surface area contributed by atoms with Crippen molar-refractivity contribution in [3.8, 4) is 0 Å². The Morgan fingerprint density at radius 3 is 2.46 bits per heavy atom. The number of aromatic nitrogens is 3. The van der Waals surface area contributed by atoms with Gasteiger partial charge in [-0.2, -0.15) is 8.42 Å². The van der Waals surface area contributed by atoms with Crippen LogP contribution in [0.15, 0.2) is 59.9 Å². The van der Waals surface area contributed by atoms with Crippen LogP contribution >= 0.6 is 0 Å². The molecular formula is C29H36N6O3S. The second-order valence-corrected chi connectivity index (χ2v) is 13.8. The minimum absolute atomic E-state index is 0.0896. The third-order valence-electron chi connectivity index (χ3n) is 7.62. The summed E-state index contributed by atoms with van der Waals surface area (Å²) in [5.41, 5.74) is 1.61. The number of rotatable bonds is 1. The Hall–Kier alpha value is -3.53. The van der Waals surface area contributed by atoms with Crippen molar-refractivity contribution in [1.29, 1.82) is 0 Å². The molecule has 39 heavy (non-hydrogen) atoms. The number of anilines is 2. The third-order valence-corrected chi connectivity index (χ3v) is 8.86. The van der Waals surface area contributed by atoms with Crippen LogP contribution in [0, 0.1) is 5.92 Å². The SMILES string of the molecule is CC(C)(C)c1ccc2c(n1)N1C[C@@H](CCC(c3ccncc3)Nc3cccc(n3)S(=O)(=O)NC2=O)CC1(C)C. The number of sulfonamides is 1. The van der Waals surface area contributed by atoms with Crippen LogP contribution in [0.5, 0.6) is 0 Å². The lowest BCUT2D eigenvalue weighted by atomic mass is 9.90. The first-order valence-electron chi connectivity index (χ1n) is 13.3. The molecule has 2 N–H and O–H groups in total. The average Bonchev–Trinajstić information content (AvgIpc) is 3.19. The molecule has 1 amide bonds. The normalized spacial score (nSPS) is 22.6. The Balaban J connectivity index is 1.63. The predicted octanol–water partition coefficient (Wildman–Crippen LogP) is 4.84. The van der Waals surface area contributed by atoms with Crippen LogP contribution in [-0.4, -0.2) is 41.4 Å². The van der Waals surface area contributed by atoms with E-state index in [4.69, 9.17) is 4.98 Å². The van der Waals surface area contributed by atoms with Crippen LogP contribution in [0.1, 0.15) is 81.5 Å². The molecule has 9 nitrogen and oxygen atoms in total. The van der Waals surface area contributed by atoms with Crippen molar-refractivity contribution in [3.05, 3.63) is 71.7 Å². The molecule has 0 saturated carbocycles. The van der Waals surface area contributed by atoms with Gasteiger partial charge >= 0.3 is 0 Å². The van der Waals surface area contributed by atoms with E-state index in [-0.39, 0.29) is 27.6 Å². The molecule has 1 saturated heterocycles. The summed E-state index contributed by atoms with van der Waals surface area (Å²) < 4.78 is 28.9. The fourth-order valence-electron chi connectivity index (χ4n) is 5.58. The van der Waals surface area contributed by atoms with Crippen LogP contribution in [-0.2, 0) is 15.4 Å². The smallest absolute Gasteiger partial charge is 0.281 e. The summed E-state index contributed by atoms with van der Waals surface area (Å²) in [5.74, 6) is 0.576. The van der Waals surface area contributed by atoms with Gasteiger partial charge in [-0.25, -0.2) is 14.7 Å². The van der Waals surface area contributed by atoms with Crippen molar-refractivity contribution in [2.75, 3.05) is 16.8 Å². The van der Waals surface area contributed by atoms with Gasteiger partial charge in [0.25, 0.3) is 15.9 Å². The summed E-state index contributed by atoms with van der Waals surface area (Å²) >= 11 is 0. The van der Waals surface area contributed by atoms with Crippen molar-refractivity contribution < 1.29 is 13.2 Å². The van der Waals surface area contributed by atoms with Crippen molar-refractivity contribution >= 4 is 27.6 Å². The first-order chi connectivity index (χ1) is 18.3. The highest BCUT2D eigenvalue weighted by Crippen LogP contribution is 2.41. The Labute approximate surface area is 230 Å². The summed E-state index contributed by atoms with van der Waals surface area (Å²) in [4.78, 5) is 29.2. The van der Waals surface area contributed by atoms with Crippen LogP contribution in [0.25, 0.3) is 0 Å². The van der Waals surface area contributed by atoms with Crippen LogP contribution in [0.2, 0.25) is 0 Å². The average molecular weight is 549 g/mol. The van der Waals surface area contributed by atoms with Crippen molar-refractivity contribution in [2.24, 2.45) is 5.92 Å².